The molecule has 0 spiro atoms. The van der Waals surface area contributed by atoms with E-state index in [0.717, 1.165) is 26.1 Å². The van der Waals surface area contributed by atoms with E-state index in [0.29, 0.717) is 12.0 Å². The van der Waals surface area contributed by atoms with Crippen molar-refractivity contribution in [2.75, 3.05) is 19.7 Å². The summed E-state index contributed by atoms with van der Waals surface area (Å²) in [7, 11) is 0. The van der Waals surface area contributed by atoms with Gasteiger partial charge in [0, 0.05) is 13.1 Å². The Morgan fingerprint density at radius 2 is 2.29 bits per heavy atom. The molecule has 2 atom stereocenters. The van der Waals surface area contributed by atoms with Crippen LogP contribution in [0.1, 0.15) is 27.2 Å². The van der Waals surface area contributed by atoms with Crippen molar-refractivity contribution in [1.29, 1.82) is 0 Å². The molecule has 1 heterocycles. The van der Waals surface area contributed by atoms with Gasteiger partial charge in [0.2, 0.25) is 0 Å². The number of guanidine groups is 1. The highest BCUT2D eigenvalue weighted by molar-refractivity contribution is 5.78. The molecule has 0 bridgehead atoms. The van der Waals surface area contributed by atoms with E-state index in [-0.39, 0.29) is 6.10 Å². The van der Waals surface area contributed by atoms with Crippen molar-refractivity contribution in [3.05, 3.63) is 0 Å². The zero-order valence-corrected chi connectivity index (χ0v) is 9.36. The third-order valence-electron chi connectivity index (χ3n) is 2.40. The lowest BCUT2D eigenvalue weighted by atomic mass is 10.2. The van der Waals surface area contributed by atoms with Gasteiger partial charge < -0.3 is 15.4 Å². The van der Waals surface area contributed by atoms with Gasteiger partial charge in [0.1, 0.15) is 0 Å². The smallest absolute Gasteiger partial charge is 0.191 e. The van der Waals surface area contributed by atoms with E-state index in [9.17, 15) is 0 Å². The molecule has 0 saturated carbocycles. The van der Waals surface area contributed by atoms with Gasteiger partial charge in [-0.25, -0.2) is 0 Å². The molecule has 4 heteroatoms. The predicted octanol–water partition coefficient (Wildman–Crippen LogP) is 0.820. The summed E-state index contributed by atoms with van der Waals surface area (Å²) >= 11 is 0. The van der Waals surface area contributed by atoms with Crippen LogP contribution in [0.5, 0.6) is 0 Å². The SMILES string of the molecule is CCCN=C(N)N1CC(C)OCC1C. The Morgan fingerprint density at radius 1 is 1.57 bits per heavy atom. The molecule has 1 aliphatic rings. The molecule has 4 nitrogen and oxygen atoms in total. The van der Waals surface area contributed by atoms with Crippen molar-refractivity contribution in [1.82, 2.24) is 4.90 Å². The van der Waals surface area contributed by atoms with Gasteiger partial charge in [0.15, 0.2) is 5.96 Å². The summed E-state index contributed by atoms with van der Waals surface area (Å²) in [5, 5.41) is 0. The minimum absolute atomic E-state index is 0.251. The zero-order valence-electron chi connectivity index (χ0n) is 9.36. The van der Waals surface area contributed by atoms with Gasteiger partial charge in [-0.3, -0.25) is 4.99 Å². The van der Waals surface area contributed by atoms with Crippen LogP contribution >= 0.6 is 0 Å². The van der Waals surface area contributed by atoms with Crippen molar-refractivity contribution in [3.63, 3.8) is 0 Å². The maximum atomic E-state index is 5.91. The summed E-state index contributed by atoms with van der Waals surface area (Å²) in [5.41, 5.74) is 5.91. The second kappa shape index (κ2) is 5.20. The second-order valence-corrected chi connectivity index (χ2v) is 3.89. The molecule has 82 valence electrons. The Labute approximate surface area is 86.1 Å². The first-order valence-electron chi connectivity index (χ1n) is 5.33. The topological polar surface area (TPSA) is 50.8 Å². The monoisotopic (exact) mass is 199 g/mol. The largest absolute Gasteiger partial charge is 0.375 e. The number of hydrogen-bond donors (Lipinski definition) is 1. The van der Waals surface area contributed by atoms with Gasteiger partial charge >= 0.3 is 0 Å². The Hall–Kier alpha value is -0.770. The van der Waals surface area contributed by atoms with Crippen LogP contribution in [0.15, 0.2) is 4.99 Å². The second-order valence-electron chi connectivity index (χ2n) is 3.89. The number of hydrogen-bond acceptors (Lipinski definition) is 2. The molecule has 1 saturated heterocycles. The molecule has 0 aromatic carbocycles. The average Bonchev–Trinajstić information content (AvgIpc) is 2.18. The summed E-state index contributed by atoms with van der Waals surface area (Å²) in [6, 6.07) is 0.340. The third kappa shape index (κ3) is 2.87. The lowest BCUT2D eigenvalue weighted by molar-refractivity contribution is -0.0228. The van der Waals surface area contributed by atoms with Crippen LogP contribution in [-0.2, 0) is 4.74 Å². The number of ether oxygens (including phenoxy) is 1. The predicted molar refractivity (Wildman–Crippen MR) is 58.4 cm³/mol. The van der Waals surface area contributed by atoms with Crippen LogP contribution in [0.25, 0.3) is 0 Å². The maximum Gasteiger partial charge on any atom is 0.191 e. The minimum Gasteiger partial charge on any atom is -0.375 e. The molecule has 1 rings (SSSR count). The molecule has 0 amide bonds. The minimum atomic E-state index is 0.251. The van der Waals surface area contributed by atoms with Crippen LogP contribution in [0.2, 0.25) is 0 Å². The Morgan fingerprint density at radius 3 is 2.93 bits per heavy atom. The fourth-order valence-electron chi connectivity index (χ4n) is 1.54. The van der Waals surface area contributed by atoms with Crippen molar-refractivity contribution in [3.8, 4) is 0 Å². The van der Waals surface area contributed by atoms with Gasteiger partial charge in [-0.2, -0.15) is 0 Å². The molecule has 0 aromatic rings. The van der Waals surface area contributed by atoms with Crippen molar-refractivity contribution < 1.29 is 4.74 Å². The molecule has 2 N–H and O–H groups in total. The van der Waals surface area contributed by atoms with Crippen LogP contribution in [0.3, 0.4) is 0 Å². The number of nitrogens with zero attached hydrogens (tertiary/aromatic N) is 2. The van der Waals surface area contributed by atoms with Gasteiger partial charge in [-0.05, 0) is 20.3 Å². The zero-order chi connectivity index (χ0) is 10.6. The Kier molecular flexibility index (Phi) is 4.20. The number of rotatable bonds is 2. The molecule has 14 heavy (non-hydrogen) atoms. The molecule has 0 aromatic heterocycles. The molecular weight excluding hydrogens is 178 g/mol. The van der Waals surface area contributed by atoms with Crippen LogP contribution in [-0.4, -0.2) is 42.7 Å². The Bertz CT molecular complexity index is 206. The van der Waals surface area contributed by atoms with Gasteiger partial charge in [0.05, 0.1) is 18.8 Å². The van der Waals surface area contributed by atoms with E-state index < -0.39 is 0 Å². The van der Waals surface area contributed by atoms with Gasteiger partial charge in [-0.1, -0.05) is 6.92 Å². The van der Waals surface area contributed by atoms with E-state index in [4.69, 9.17) is 10.5 Å². The maximum absolute atomic E-state index is 5.91. The first kappa shape index (κ1) is 11.3. The molecule has 2 unspecified atom stereocenters. The lowest BCUT2D eigenvalue weighted by Crippen LogP contribution is -2.53. The summed E-state index contributed by atoms with van der Waals surface area (Å²) in [6.45, 7) is 8.67. The molecule has 0 radical (unpaired) electrons. The van der Waals surface area contributed by atoms with E-state index in [1.165, 1.54) is 0 Å². The number of morpholine rings is 1. The summed E-state index contributed by atoms with van der Waals surface area (Å²) < 4.78 is 5.52. The molecule has 1 fully saturated rings. The van der Waals surface area contributed by atoms with E-state index in [2.05, 4.69) is 30.7 Å². The highest BCUT2D eigenvalue weighted by Gasteiger charge is 2.24. The number of nitrogens with two attached hydrogens (primary N) is 1. The summed E-state index contributed by atoms with van der Waals surface area (Å²) in [6.07, 6.45) is 1.29. The first-order valence-corrected chi connectivity index (χ1v) is 5.33. The fourth-order valence-corrected chi connectivity index (χ4v) is 1.54. The molecular formula is C10H21N3O. The standard InChI is InChI=1S/C10H21N3O/c1-4-5-12-10(11)13-6-9(3)14-7-8(13)2/h8-9H,4-7H2,1-3H3,(H2,11,12). The van der Waals surface area contributed by atoms with Crippen molar-refractivity contribution in [2.24, 2.45) is 10.7 Å². The van der Waals surface area contributed by atoms with Crippen molar-refractivity contribution >= 4 is 5.96 Å². The Balaban J connectivity index is 2.55. The summed E-state index contributed by atoms with van der Waals surface area (Å²) in [4.78, 5) is 6.44. The van der Waals surface area contributed by atoms with Crippen LogP contribution < -0.4 is 5.73 Å². The third-order valence-corrected chi connectivity index (χ3v) is 2.40. The van der Waals surface area contributed by atoms with E-state index in [1.54, 1.807) is 0 Å². The van der Waals surface area contributed by atoms with Gasteiger partial charge in [-0.15, -0.1) is 0 Å². The normalized spacial score (nSPS) is 29.4. The van der Waals surface area contributed by atoms with Crippen molar-refractivity contribution in [2.45, 2.75) is 39.3 Å². The average molecular weight is 199 g/mol. The quantitative estimate of drug-likeness (QED) is 0.529. The first-order chi connectivity index (χ1) is 6.65. The van der Waals surface area contributed by atoms with Gasteiger partial charge in [0.25, 0.3) is 0 Å². The van der Waals surface area contributed by atoms with E-state index in [1.807, 2.05) is 0 Å². The molecule has 1 aliphatic heterocycles. The highest BCUT2D eigenvalue weighted by atomic mass is 16.5. The van der Waals surface area contributed by atoms with E-state index >= 15 is 0 Å². The summed E-state index contributed by atoms with van der Waals surface area (Å²) in [5.74, 6) is 0.662. The van der Waals surface area contributed by atoms with Crippen LogP contribution in [0, 0.1) is 0 Å². The highest BCUT2D eigenvalue weighted by Crippen LogP contribution is 2.10. The van der Waals surface area contributed by atoms with Crippen LogP contribution in [0.4, 0.5) is 0 Å². The number of aliphatic imine (C=N–C) groups is 1. The molecule has 0 aliphatic carbocycles. The fraction of sp³-hybridized carbons (Fsp3) is 0.900. The lowest BCUT2D eigenvalue weighted by Gasteiger charge is -2.37.